The van der Waals surface area contributed by atoms with E-state index >= 15 is 0 Å². The van der Waals surface area contributed by atoms with E-state index in [1.165, 1.54) is 7.11 Å². The van der Waals surface area contributed by atoms with Gasteiger partial charge in [0.25, 0.3) is 11.8 Å². The quantitative estimate of drug-likeness (QED) is 0.419. The average Bonchev–Trinajstić information content (AvgIpc) is 3.08. The van der Waals surface area contributed by atoms with Crippen LogP contribution < -0.4 is 21.5 Å². The molecule has 1 heterocycles. The molecule has 7 heteroatoms. The standard InChI is InChI=1S/C25H30N4O3/c1-13(2)12-28-25(31)19-8-6-16(11-20(19)32-5)22-21(15(4)29-23(22)24(27)30)18-9-7-17(26)10-14(18)3/h6-11,13,29H,12,26H2,1-5H3,(H2,27,30)(H,28,31). The van der Waals surface area contributed by atoms with E-state index in [0.29, 0.717) is 46.3 Å². The van der Waals surface area contributed by atoms with Crippen molar-refractivity contribution < 1.29 is 14.3 Å². The van der Waals surface area contributed by atoms with E-state index in [1.807, 2.05) is 45.9 Å². The van der Waals surface area contributed by atoms with Gasteiger partial charge in [-0.2, -0.15) is 0 Å². The topological polar surface area (TPSA) is 123 Å². The Kier molecular flexibility index (Phi) is 6.58. The molecule has 0 unspecified atom stereocenters. The lowest BCUT2D eigenvalue weighted by Gasteiger charge is -2.14. The molecule has 6 N–H and O–H groups in total. The van der Waals surface area contributed by atoms with Crippen molar-refractivity contribution in [1.82, 2.24) is 10.3 Å². The van der Waals surface area contributed by atoms with Crippen molar-refractivity contribution in [3.63, 3.8) is 0 Å². The monoisotopic (exact) mass is 434 g/mol. The molecule has 0 aliphatic heterocycles. The number of aromatic amines is 1. The first-order chi connectivity index (χ1) is 15.1. The van der Waals surface area contributed by atoms with E-state index in [1.54, 1.807) is 18.2 Å². The fourth-order valence-electron chi connectivity index (χ4n) is 3.83. The van der Waals surface area contributed by atoms with Gasteiger partial charge in [-0.25, -0.2) is 0 Å². The maximum atomic E-state index is 12.6. The number of nitrogen functional groups attached to an aromatic ring is 1. The molecule has 1 aromatic heterocycles. The lowest BCUT2D eigenvalue weighted by molar-refractivity contribution is 0.0944. The number of nitrogens with one attached hydrogen (secondary N) is 2. The number of hydrogen-bond donors (Lipinski definition) is 4. The van der Waals surface area contributed by atoms with Crippen LogP contribution in [0.4, 0.5) is 5.69 Å². The largest absolute Gasteiger partial charge is 0.496 e. The number of aryl methyl sites for hydroxylation is 2. The summed E-state index contributed by atoms with van der Waals surface area (Å²) in [7, 11) is 1.51. The first-order valence-corrected chi connectivity index (χ1v) is 10.5. The summed E-state index contributed by atoms with van der Waals surface area (Å²) in [5, 5.41) is 2.90. The maximum Gasteiger partial charge on any atom is 0.265 e. The third-order valence-corrected chi connectivity index (χ3v) is 5.36. The van der Waals surface area contributed by atoms with Gasteiger partial charge in [-0.05, 0) is 60.7 Å². The molecule has 32 heavy (non-hydrogen) atoms. The molecule has 2 amide bonds. The van der Waals surface area contributed by atoms with Crippen molar-refractivity contribution in [1.29, 1.82) is 0 Å². The highest BCUT2D eigenvalue weighted by molar-refractivity contribution is 6.05. The summed E-state index contributed by atoms with van der Waals surface area (Å²) in [5.74, 6) is -0.0360. The van der Waals surface area contributed by atoms with E-state index in [0.717, 1.165) is 22.4 Å². The number of primary amides is 1. The second-order valence-electron chi connectivity index (χ2n) is 8.33. The van der Waals surface area contributed by atoms with Gasteiger partial charge >= 0.3 is 0 Å². The number of rotatable bonds is 7. The molecule has 0 radical (unpaired) electrons. The van der Waals surface area contributed by atoms with Gasteiger partial charge in [0, 0.05) is 29.1 Å². The molecule has 7 nitrogen and oxygen atoms in total. The molecular weight excluding hydrogens is 404 g/mol. The van der Waals surface area contributed by atoms with Gasteiger partial charge < -0.3 is 26.5 Å². The number of H-pyrrole nitrogens is 1. The van der Waals surface area contributed by atoms with Crippen molar-refractivity contribution in [2.45, 2.75) is 27.7 Å². The molecule has 168 valence electrons. The smallest absolute Gasteiger partial charge is 0.265 e. The van der Waals surface area contributed by atoms with E-state index in [4.69, 9.17) is 16.2 Å². The van der Waals surface area contributed by atoms with E-state index in [9.17, 15) is 9.59 Å². The van der Waals surface area contributed by atoms with Crippen LogP contribution in [0.1, 0.15) is 46.0 Å². The van der Waals surface area contributed by atoms with Crippen LogP contribution in [0.15, 0.2) is 36.4 Å². The summed E-state index contributed by atoms with van der Waals surface area (Å²) in [4.78, 5) is 28.1. The first-order valence-electron chi connectivity index (χ1n) is 10.5. The summed E-state index contributed by atoms with van der Waals surface area (Å²) < 4.78 is 5.52. The summed E-state index contributed by atoms with van der Waals surface area (Å²) in [6.07, 6.45) is 0. The van der Waals surface area contributed by atoms with Crippen molar-refractivity contribution in [3.05, 3.63) is 58.9 Å². The number of benzene rings is 2. The number of methoxy groups -OCH3 is 1. The SMILES string of the molecule is COc1cc(-c2c(C(N)=O)[nH]c(C)c2-c2ccc(N)cc2C)ccc1C(=O)NCC(C)C. The highest BCUT2D eigenvalue weighted by Gasteiger charge is 2.24. The number of carbonyl (C=O) groups excluding carboxylic acids is 2. The number of nitrogens with two attached hydrogens (primary N) is 2. The normalized spacial score (nSPS) is 10.9. The fourth-order valence-corrected chi connectivity index (χ4v) is 3.83. The molecule has 2 aromatic carbocycles. The van der Waals surface area contributed by atoms with Gasteiger partial charge in [-0.15, -0.1) is 0 Å². The average molecular weight is 435 g/mol. The Hall–Kier alpha value is -3.74. The van der Waals surface area contributed by atoms with Crippen LogP contribution in [0.25, 0.3) is 22.3 Å². The molecule has 0 bridgehead atoms. The Morgan fingerprint density at radius 3 is 2.41 bits per heavy atom. The maximum absolute atomic E-state index is 12.6. The third-order valence-electron chi connectivity index (χ3n) is 5.36. The minimum atomic E-state index is -0.569. The second-order valence-corrected chi connectivity index (χ2v) is 8.33. The summed E-state index contributed by atoms with van der Waals surface area (Å²) in [6, 6.07) is 10.9. The van der Waals surface area contributed by atoms with Gasteiger partial charge in [0.05, 0.1) is 12.7 Å². The molecule has 0 atom stereocenters. The lowest BCUT2D eigenvalue weighted by atomic mass is 9.91. The molecule has 0 saturated heterocycles. The molecular formula is C25H30N4O3. The first kappa shape index (κ1) is 22.9. The van der Waals surface area contributed by atoms with Crippen molar-refractivity contribution in [2.24, 2.45) is 11.7 Å². The predicted molar refractivity (Wildman–Crippen MR) is 128 cm³/mol. The van der Waals surface area contributed by atoms with Crippen LogP contribution in [-0.2, 0) is 0 Å². The predicted octanol–water partition coefficient (Wildman–Crippen LogP) is 4.04. The van der Waals surface area contributed by atoms with Crippen LogP contribution >= 0.6 is 0 Å². The highest BCUT2D eigenvalue weighted by Crippen LogP contribution is 2.41. The molecule has 0 aliphatic carbocycles. The van der Waals surface area contributed by atoms with Crippen LogP contribution in [0.3, 0.4) is 0 Å². The number of ether oxygens (including phenoxy) is 1. The molecule has 3 aromatic rings. The highest BCUT2D eigenvalue weighted by atomic mass is 16.5. The van der Waals surface area contributed by atoms with Crippen LogP contribution in [-0.4, -0.2) is 30.5 Å². The molecule has 0 spiro atoms. The number of carbonyl (C=O) groups is 2. The molecule has 0 fully saturated rings. The minimum Gasteiger partial charge on any atom is -0.496 e. The van der Waals surface area contributed by atoms with E-state index < -0.39 is 5.91 Å². The Bertz CT molecular complexity index is 1180. The Balaban J connectivity index is 2.19. The van der Waals surface area contributed by atoms with E-state index in [2.05, 4.69) is 10.3 Å². The zero-order valence-corrected chi connectivity index (χ0v) is 19.1. The molecule has 3 rings (SSSR count). The Morgan fingerprint density at radius 1 is 1.09 bits per heavy atom. The Labute approximate surface area is 188 Å². The number of hydrogen-bond acceptors (Lipinski definition) is 4. The number of amides is 2. The molecule has 0 saturated carbocycles. The summed E-state index contributed by atoms with van der Waals surface area (Å²) in [6.45, 7) is 8.48. The number of anilines is 1. The zero-order valence-electron chi connectivity index (χ0n) is 19.1. The van der Waals surface area contributed by atoms with Crippen LogP contribution in [0.5, 0.6) is 5.75 Å². The van der Waals surface area contributed by atoms with Gasteiger partial charge in [0.15, 0.2) is 0 Å². The van der Waals surface area contributed by atoms with Crippen molar-refractivity contribution in [2.75, 3.05) is 19.4 Å². The number of aromatic nitrogens is 1. The second kappa shape index (κ2) is 9.18. The van der Waals surface area contributed by atoms with Crippen LogP contribution in [0, 0.1) is 19.8 Å². The van der Waals surface area contributed by atoms with Crippen molar-refractivity contribution >= 4 is 17.5 Å². The van der Waals surface area contributed by atoms with Gasteiger partial charge in [-0.3, -0.25) is 9.59 Å². The summed E-state index contributed by atoms with van der Waals surface area (Å²) >= 11 is 0. The van der Waals surface area contributed by atoms with Crippen molar-refractivity contribution in [3.8, 4) is 28.0 Å². The van der Waals surface area contributed by atoms with Gasteiger partial charge in [-0.1, -0.05) is 26.0 Å². The lowest BCUT2D eigenvalue weighted by Crippen LogP contribution is -2.27. The fraction of sp³-hybridized carbons (Fsp3) is 0.280. The summed E-state index contributed by atoms with van der Waals surface area (Å²) in [5.41, 5.74) is 18.0. The van der Waals surface area contributed by atoms with E-state index in [-0.39, 0.29) is 5.91 Å². The van der Waals surface area contributed by atoms with Gasteiger partial charge in [0.2, 0.25) is 0 Å². The van der Waals surface area contributed by atoms with Gasteiger partial charge in [0.1, 0.15) is 11.4 Å². The zero-order chi connectivity index (χ0) is 23.6. The third kappa shape index (κ3) is 4.46. The Morgan fingerprint density at radius 2 is 1.81 bits per heavy atom. The molecule has 0 aliphatic rings. The minimum absolute atomic E-state index is 0.211. The van der Waals surface area contributed by atoms with Crippen LogP contribution in [0.2, 0.25) is 0 Å².